The van der Waals surface area contributed by atoms with Crippen LogP contribution in [0.2, 0.25) is 0 Å². The van der Waals surface area contributed by atoms with Gasteiger partial charge in [-0.25, -0.2) is 18.1 Å². The molecule has 0 aliphatic carbocycles. The lowest BCUT2D eigenvalue weighted by Crippen LogP contribution is -2.24. The van der Waals surface area contributed by atoms with E-state index >= 15 is 0 Å². The summed E-state index contributed by atoms with van der Waals surface area (Å²) in [4.78, 5) is 5.22. The highest BCUT2D eigenvalue weighted by molar-refractivity contribution is 7.88. The van der Waals surface area contributed by atoms with Crippen molar-refractivity contribution in [1.82, 2.24) is 15.0 Å². The Kier molecular flexibility index (Phi) is 5.46. The maximum Gasteiger partial charge on any atom is 0.216 e. The van der Waals surface area contributed by atoms with Crippen LogP contribution in [0.4, 0.5) is 0 Å². The zero-order chi connectivity index (χ0) is 15.3. The summed E-state index contributed by atoms with van der Waals surface area (Å²) in [6, 6.07) is 7.58. The van der Waals surface area contributed by atoms with Crippen molar-refractivity contribution in [3.05, 3.63) is 51.5 Å². The van der Waals surface area contributed by atoms with Crippen molar-refractivity contribution in [1.29, 1.82) is 0 Å². The van der Waals surface area contributed by atoms with E-state index in [2.05, 4.69) is 15.0 Å². The van der Waals surface area contributed by atoms with Crippen LogP contribution in [-0.4, -0.2) is 20.4 Å². The van der Waals surface area contributed by atoms with Crippen LogP contribution >= 0.6 is 11.3 Å². The van der Waals surface area contributed by atoms with Gasteiger partial charge in [0, 0.05) is 17.6 Å². The average Bonchev–Trinajstić information content (AvgIpc) is 2.83. The van der Waals surface area contributed by atoms with E-state index in [0.29, 0.717) is 0 Å². The number of thiazole rings is 1. The van der Waals surface area contributed by atoms with Gasteiger partial charge in [0.1, 0.15) is 5.01 Å². The zero-order valence-electron chi connectivity index (χ0n) is 12.1. The van der Waals surface area contributed by atoms with Crippen LogP contribution in [0.1, 0.15) is 21.0 Å². The minimum Gasteiger partial charge on any atom is -0.316 e. The molecule has 114 valence electrons. The third-order valence-electron chi connectivity index (χ3n) is 2.84. The molecule has 21 heavy (non-hydrogen) atoms. The van der Waals surface area contributed by atoms with Gasteiger partial charge in [-0.05, 0) is 25.1 Å². The molecule has 0 fully saturated rings. The Morgan fingerprint density at radius 2 is 2.00 bits per heavy atom. The Hall–Kier alpha value is -1.28. The molecule has 0 saturated heterocycles. The monoisotopic (exact) mass is 325 g/mol. The lowest BCUT2D eigenvalue weighted by atomic mass is 10.1. The van der Waals surface area contributed by atoms with Crippen molar-refractivity contribution in [3.63, 3.8) is 0 Å². The van der Waals surface area contributed by atoms with Crippen molar-refractivity contribution >= 4 is 21.4 Å². The first kappa shape index (κ1) is 16.1. The summed E-state index contributed by atoms with van der Waals surface area (Å²) < 4.78 is 26.8. The smallest absolute Gasteiger partial charge is 0.216 e. The number of aryl methyl sites for hydroxylation is 1. The molecule has 0 spiro atoms. The van der Waals surface area contributed by atoms with Gasteiger partial charge in [-0.2, -0.15) is 0 Å². The van der Waals surface area contributed by atoms with Gasteiger partial charge in [-0.1, -0.05) is 24.3 Å². The summed E-state index contributed by atoms with van der Waals surface area (Å²) in [5.74, 6) is -0.0189. The fourth-order valence-corrected chi connectivity index (χ4v) is 3.85. The molecule has 0 saturated carbocycles. The lowest BCUT2D eigenvalue weighted by molar-refractivity contribution is 0.580. The molecule has 7 heteroatoms. The van der Waals surface area contributed by atoms with E-state index in [0.717, 1.165) is 27.6 Å². The second-order valence-corrected chi connectivity index (χ2v) is 7.92. The van der Waals surface area contributed by atoms with Gasteiger partial charge in [0.15, 0.2) is 0 Å². The van der Waals surface area contributed by atoms with Crippen LogP contribution in [-0.2, 0) is 28.9 Å². The van der Waals surface area contributed by atoms with Crippen LogP contribution in [0, 0.1) is 6.92 Å². The molecular formula is C14H19N3O2S2. The van der Waals surface area contributed by atoms with E-state index < -0.39 is 10.0 Å². The lowest BCUT2D eigenvalue weighted by Gasteiger charge is -2.07. The van der Waals surface area contributed by atoms with Gasteiger partial charge < -0.3 is 5.32 Å². The third kappa shape index (κ3) is 5.20. The van der Waals surface area contributed by atoms with Crippen LogP contribution in [0.5, 0.6) is 0 Å². The average molecular weight is 325 g/mol. The maximum absolute atomic E-state index is 12.1. The number of aromatic nitrogens is 1. The molecule has 5 nitrogen and oxygen atoms in total. The van der Waals surface area contributed by atoms with Crippen molar-refractivity contribution in [2.24, 2.45) is 0 Å². The Labute approximate surface area is 129 Å². The van der Waals surface area contributed by atoms with E-state index in [1.807, 2.05) is 38.2 Å². The van der Waals surface area contributed by atoms with E-state index in [9.17, 15) is 8.42 Å². The summed E-state index contributed by atoms with van der Waals surface area (Å²) in [6.45, 7) is 2.92. The van der Waals surface area contributed by atoms with E-state index in [1.54, 1.807) is 6.20 Å². The number of sulfonamides is 1. The third-order valence-corrected chi connectivity index (χ3v) is 5.05. The highest BCUT2D eigenvalue weighted by Gasteiger charge is 2.12. The van der Waals surface area contributed by atoms with Gasteiger partial charge in [0.05, 0.1) is 12.3 Å². The number of hydrogen-bond donors (Lipinski definition) is 2. The highest BCUT2D eigenvalue weighted by atomic mass is 32.2. The fraction of sp³-hybridized carbons (Fsp3) is 0.357. The minimum absolute atomic E-state index is 0.0189. The fourth-order valence-electron chi connectivity index (χ4n) is 1.96. The Bertz CT molecular complexity index is 696. The van der Waals surface area contributed by atoms with Crippen molar-refractivity contribution in [2.75, 3.05) is 7.05 Å². The van der Waals surface area contributed by atoms with Crippen molar-refractivity contribution in [3.8, 4) is 0 Å². The topological polar surface area (TPSA) is 71.1 Å². The summed E-state index contributed by atoms with van der Waals surface area (Å²) in [5.41, 5.74) is 1.85. The summed E-state index contributed by atoms with van der Waals surface area (Å²) in [7, 11) is -1.50. The number of rotatable bonds is 7. The molecule has 0 unspecified atom stereocenters. The summed E-state index contributed by atoms with van der Waals surface area (Å²) in [6.07, 6.45) is 1.75. The van der Waals surface area contributed by atoms with Crippen LogP contribution in [0.25, 0.3) is 0 Å². The number of nitrogens with one attached hydrogen (secondary N) is 2. The number of benzene rings is 1. The van der Waals surface area contributed by atoms with Gasteiger partial charge in [-0.15, -0.1) is 11.3 Å². The Morgan fingerprint density at radius 3 is 2.67 bits per heavy atom. The first-order valence-electron chi connectivity index (χ1n) is 6.59. The quantitative estimate of drug-likeness (QED) is 0.814. The molecule has 1 aromatic carbocycles. The first-order chi connectivity index (χ1) is 9.98. The molecular weight excluding hydrogens is 306 g/mol. The second kappa shape index (κ2) is 7.13. The molecule has 0 aliphatic heterocycles. The van der Waals surface area contributed by atoms with Crippen LogP contribution < -0.4 is 10.0 Å². The normalized spacial score (nSPS) is 11.7. The zero-order valence-corrected chi connectivity index (χ0v) is 13.7. The molecule has 0 aliphatic rings. The molecule has 0 atom stereocenters. The van der Waals surface area contributed by atoms with Crippen LogP contribution in [0.15, 0.2) is 30.5 Å². The number of hydrogen-bond acceptors (Lipinski definition) is 5. The van der Waals surface area contributed by atoms with Gasteiger partial charge in [-0.3, -0.25) is 0 Å². The Morgan fingerprint density at radius 1 is 1.24 bits per heavy atom. The number of nitrogens with zero attached hydrogens (tertiary/aromatic N) is 1. The SMILES string of the molecule is CNCc1cccc(CS(=O)(=O)NCc2ncc(C)s2)c1. The van der Waals surface area contributed by atoms with E-state index in [1.165, 1.54) is 11.3 Å². The van der Waals surface area contributed by atoms with Gasteiger partial charge in [0.25, 0.3) is 0 Å². The van der Waals surface area contributed by atoms with Crippen molar-refractivity contribution < 1.29 is 8.42 Å². The molecule has 0 radical (unpaired) electrons. The summed E-state index contributed by atoms with van der Waals surface area (Å²) in [5, 5.41) is 3.83. The molecule has 2 N–H and O–H groups in total. The molecule has 1 aromatic heterocycles. The van der Waals surface area contributed by atoms with E-state index in [4.69, 9.17) is 0 Å². The predicted molar refractivity (Wildman–Crippen MR) is 85.5 cm³/mol. The standard InChI is InChI=1S/C14H19N3O2S2/c1-11-7-16-14(20-11)9-17-21(18,19)10-13-5-3-4-12(6-13)8-15-2/h3-7,15,17H,8-10H2,1-2H3. The Balaban J connectivity index is 1.98. The largest absolute Gasteiger partial charge is 0.316 e. The van der Waals surface area contributed by atoms with Crippen molar-refractivity contribution in [2.45, 2.75) is 25.8 Å². The van der Waals surface area contributed by atoms with Gasteiger partial charge in [0.2, 0.25) is 10.0 Å². The highest BCUT2D eigenvalue weighted by Crippen LogP contribution is 2.12. The molecule has 0 bridgehead atoms. The second-order valence-electron chi connectivity index (χ2n) is 4.80. The van der Waals surface area contributed by atoms with E-state index in [-0.39, 0.29) is 12.3 Å². The molecule has 1 heterocycles. The summed E-state index contributed by atoms with van der Waals surface area (Å²) >= 11 is 1.50. The maximum atomic E-state index is 12.1. The predicted octanol–water partition coefficient (Wildman–Crippen LogP) is 1.79. The van der Waals surface area contributed by atoms with Gasteiger partial charge >= 0.3 is 0 Å². The minimum atomic E-state index is -3.36. The van der Waals surface area contributed by atoms with Crippen LogP contribution in [0.3, 0.4) is 0 Å². The molecule has 2 aromatic rings. The first-order valence-corrected chi connectivity index (χ1v) is 9.06. The molecule has 0 amide bonds. The molecule has 2 rings (SSSR count).